The Morgan fingerprint density at radius 2 is 0.925 bits per heavy atom. The van der Waals surface area contributed by atoms with Crippen molar-refractivity contribution >= 4 is 5.57 Å². The minimum atomic E-state index is -0.454. The van der Waals surface area contributed by atoms with E-state index >= 15 is 0 Å². The molecule has 0 atom stereocenters. The number of allylic oxidation sites excluding steroid dienone is 1. The number of benzene rings is 2. The molecule has 4 saturated carbocycles. The molecule has 296 valence electrons. The molecule has 6 fully saturated rings. The van der Waals surface area contributed by atoms with Crippen molar-refractivity contribution in [2.75, 3.05) is 66.6 Å². The summed E-state index contributed by atoms with van der Waals surface area (Å²) in [5.41, 5.74) is 4.97. The van der Waals surface area contributed by atoms with Crippen LogP contribution in [0.15, 0.2) is 54.1 Å². The second-order valence-electron chi connectivity index (χ2n) is 19.0. The minimum absolute atomic E-state index is 0. The van der Waals surface area contributed by atoms with Crippen molar-refractivity contribution in [3.8, 4) is 11.5 Å². The first-order chi connectivity index (χ1) is 24.4. The Morgan fingerprint density at radius 3 is 1.28 bits per heavy atom. The SMILES string of the molecule is CC1(O)C[N+](C)(CCCCCCOc2ccc(C(=C3C4CC5CC(C4)CC3C5)c3ccc(OCCCCCC[N+]4(C)CC(C)(O)C4)cc3)cc2)C1.[I-].[I-]. The Kier molecular flexibility index (Phi) is 14.8. The summed E-state index contributed by atoms with van der Waals surface area (Å²) in [7, 11) is 4.54. The van der Waals surface area contributed by atoms with Crippen LogP contribution in [0.25, 0.3) is 5.57 Å². The summed E-state index contributed by atoms with van der Waals surface area (Å²) in [4.78, 5) is 0. The number of rotatable bonds is 18. The van der Waals surface area contributed by atoms with Crippen molar-refractivity contribution in [2.24, 2.45) is 23.7 Å². The average molecular weight is 955 g/mol. The molecule has 0 aromatic heterocycles. The lowest BCUT2D eigenvalue weighted by Gasteiger charge is -2.52. The molecule has 4 aliphatic carbocycles. The summed E-state index contributed by atoms with van der Waals surface area (Å²) in [5, 5.41) is 20.2. The third-order valence-electron chi connectivity index (χ3n) is 13.2. The Labute approximate surface area is 355 Å². The molecular weight excluding hydrogens is 886 g/mol. The maximum absolute atomic E-state index is 10.1. The van der Waals surface area contributed by atoms with Crippen molar-refractivity contribution in [1.82, 2.24) is 0 Å². The zero-order valence-corrected chi connectivity index (χ0v) is 37.5. The van der Waals surface area contributed by atoms with Gasteiger partial charge in [0.1, 0.15) is 37.7 Å². The molecule has 2 heterocycles. The monoisotopic (exact) mass is 954 g/mol. The summed E-state index contributed by atoms with van der Waals surface area (Å²) >= 11 is 0. The highest BCUT2D eigenvalue weighted by atomic mass is 127. The van der Waals surface area contributed by atoms with Gasteiger partial charge in [-0.25, -0.2) is 0 Å². The van der Waals surface area contributed by atoms with Gasteiger partial charge < -0.3 is 76.6 Å². The van der Waals surface area contributed by atoms with E-state index in [-0.39, 0.29) is 48.0 Å². The van der Waals surface area contributed by atoms with Gasteiger partial charge in [-0.2, -0.15) is 0 Å². The number of halogens is 2. The zero-order chi connectivity index (χ0) is 35.7. The van der Waals surface area contributed by atoms with Crippen molar-refractivity contribution in [2.45, 2.75) is 109 Å². The van der Waals surface area contributed by atoms with Crippen molar-refractivity contribution in [3.63, 3.8) is 0 Å². The number of ether oxygens (including phenoxy) is 2. The standard InChI is InChI=1S/C45H68N2O4.2HI/c1-44(48)30-46(3,31-44)21-9-5-7-11-23-50-40-17-13-36(14-18-40)42(43-38-26-34-25-35(28-38)29-39(43)27-34)37-15-19-41(20-16-37)51-24-12-8-6-10-22-47(4)32-45(2,49)33-47;;/h13-20,34-35,38-39,48-49H,5-12,21-33H2,1-4H3;2*1H/q+2;;/p-2. The molecule has 2 aromatic rings. The molecule has 4 bridgehead atoms. The lowest BCUT2D eigenvalue weighted by atomic mass is 9.53. The van der Waals surface area contributed by atoms with Gasteiger partial charge in [0.05, 0.1) is 40.4 Å². The van der Waals surface area contributed by atoms with Crippen LogP contribution in [-0.4, -0.2) is 97.0 Å². The van der Waals surface area contributed by atoms with Crippen LogP contribution in [0.2, 0.25) is 0 Å². The summed E-state index contributed by atoms with van der Waals surface area (Å²) in [5.74, 6) is 5.31. The average Bonchev–Trinajstić information content (AvgIpc) is 3.04. The van der Waals surface area contributed by atoms with Crippen LogP contribution in [0.4, 0.5) is 0 Å². The second kappa shape index (κ2) is 18.1. The topological polar surface area (TPSA) is 58.9 Å². The Morgan fingerprint density at radius 1 is 0.566 bits per heavy atom. The maximum atomic E-state index is 10.1. The molecule has 2 aromatic carbocycles. The molecule has 0 amide bonds. The van der Waals surface area contributed by atoms with E-state index in [2.05, 4.69) is 62.6 Å². The molecule has 2 saturated heterocycles. The highest BCUT2D eigenvalue weighted by Crippen LogP contribution is 2.58. The Balaban J connectivity index is 0.00000271. The third kappa shape index (κ3) is 11.1. The highest BCUT2D eigenvalue weighted by molar-refractivity contribution is 5.83. The fraction of sp³-hybridized carbons (Fsp3) is 0.689. The number of likely N-dealkylation sites (tertiary alicyclic amines) is 2. The fourth-order valence-electron chi connectivity index (χ4n) is 11.8. The van der Waals surface area contributed by atoms with Gasteiger partial charge in [0.2, 0.25) is 0 Å². The van der Waals surface area contributed by atoms with E-state index in [0.29, 0.717) is 0 Å². The largest absolute Gasteiger partial charge is 1.00 e. The molecule has 8 heteroatoms. The number of hydrogen-bond donors (Lipinski definition) is 2. The number of likely N-dealkylation sites (N-methyl/N-ethyl adjacent to an activating group) is 2. The molecule has 8 rings (SSSR count). The van der Waals surface area contributed by atoms with Crippen LogP contribution in [0.3, 0.4) is 0 Å². The van der Waals surface area contributed by atoms with Crippen LogP contribution in [0.5, 0.6) is 11.5 Å². The van der Waals surface area contributed by atoms with Gasteiger partial charge in [-0.05, 0) is 162 Å². The first-order valence-corrected chi connectivity index (χ1v) is 20.7. The summed E-state index contributed by atoms with van der Waals surface area (Å²) in [6.07, 6.45) is 16.5. The fourth-order valence-corrected chi connectivity index (χ4v) is 11.8. The van der Waals surface area contributed by atoms with Gasteiger partial charge in [-0.3, -0.25) is 0 Å². The van der Waals surface area contributed by atoms with Gasteiger partial charge in [0.15, 0.2) is 11.2 Å². The van der Waals surface area contributed by atoms with Crippen molar-refractivity contribution in [1.29, 1.82) is 0 Å². The minimum Gasteiger partial charge on any atom is -1.00 e. The maximum Gasteiger partial charge on any atom is 0.159 e. The first-order valence-electron chi connectivity index (χ1n) is 20.7. The van der Waals surface area contributed by atoms with E-state index in [9.17, 15) is 10.2 Å². The van der Waals surface area contributed by atoms with Crippen molar-refractivity contribution < 1.29 is 76.6 Å². The normalized spacial score (nSPS) is 33.7. The van der Waals surface area contributed by atoms with Gasteiger partial charge in [0.25, 0.3) is 0 Å². The van der Waals surface area contributed by atoms with Crippen LogP contribution in [0.1, 0.15) is 108 Å². The second-order valence-corrected chi connectivity index (χ2v) is 19.0. The molecule has 53 heavy (non-hydrogen) atoms. The third-order valence-corrected chi connectivity index (χ3v) is 13.2. The molecular formula is C45H68I2N2O4. The molecule has 6 aliphatic rings. The van der Waals surface area contributed by atoms with Gasteiger partial charge in [0, 0.05) is 0 Å². The van der Waals surface area contributed by atoms with Gasteiger partial charge in [-0.1, -0.05) is 29.8 Å². The van der Waals surface area contributed by atoms with E-state index in [1.807, 2.05) is 13.8 Å². The van der Waals surface area contributed by atoms with E-state index in [1.165, 1.54) is 100 Å². The number of unbranched alkanes of at least 4 members (excludes halogenated alkanes) is 6. The first kappa shape index (κ1) is 43.2. The van der Waals surface area contributed by atoms with Crippen LogP contribution in [0, 0.1) is 23.7 Å². The number of nitrogens with zero attached hydrogens (tertiary/aromatic N) is 2. The molecule has 2 aliphatic heterocycles. The summed E-state index contributed by atoms with van der Waals surface area (Å²) in [6, 6.07) is 18.0. The zero-order valence-electron chi connectivity index (χ0n) is 33.1. The lowest BCUT2D eigenvalue weighted by Crippen LogP contribution is -3.00. The van der Waals surface area contributed by atoms with E-state index in [0.717, 1.165) is 96.4 Å². The van der Waals surface area contributed by atoms with Crippen LogP contribution < -0.4 is 57.4 Å². The van der Waals surface area contributed by atoms with E-state index in [4.69, 9.17) is 9.47 Å². The van der Waals surface area contributed by atoms with E-state index < -0.39 is 11.2 Å². The predicted molar refractivity (Wildman–Crippen MR) is 207 cm³/mol. The molecule has 2 N–H and O–H groups in total. The van der Waals surface area contributed by atoms with Crippen LogP contribution >= 0.6 is 0 Å². The highest BCUT2D eigenvalue weighted by Gasteiger charge is 2.49. The van der Waals surface area contributed by atoms with Crippen LogP contribution in [-0.2, 0) is 0 Å². The summed E-state index contributed by atoms with van der Waals surface area (Å²) in [6.45, 7) is 11.3. The Bertz CT molecular complexity index is 1370. The number of aliphatic hydroxyl groups is 2. The Hall–Kier alpha value is -0.920. The number of quaternary nitrogens is 2. The number of hydrogen-bond acceptors (Lipinski definition) is 4. The lowest BCUT2D eigenvalue weighted by molar-refractivity contribution is -0.965. The van der Waals surface area contributed by atoms with Gasteiger partial charge >= 0.3 is 0 Å². The summed E-state index contributed by atoms with van der Waals surface area (Å²) < 4.78 is 14.5. The van der Waals surface area contributed by atoms with Crippen molar-refractivity contribution in [3.05, 3.63) is 65.2 Å². The smallest absolute Gasteiger partial charge is 0.159 e. The molecule has 0 radical (unpaired) electrons. The molecule has 0 unspecified atom stereocenters. The van der Waals surface area contributed by atoms with Gasteiger partial charge in [-0.15, -0.1) is 0 Å². The molecule has 0 spiro atoms. The quantitative estimate of drug-likeness (QED) is 0.137. The van der Waals surface area contributed by atoms with E-state index in [1.54, 1.807) is 5.57 Å². The predicted octanol–water partition coefficient (Wildman–Crippen LogP) is 2.25. The molecule has 6 nitrogen and oxygen atoms in total.